The molecule has 3 aromatic rings. The number of amides is 2. The van der Waals surface area contributed by atoms with Crippen LogP contribution in [0.15, 0.2) is 60.9 Å². The Balaban J connectivity index is 1.20. The number of aryl methyl sites for hydroxylation is 1. The molecule has 1 aliphatic rings. The second-order valence-corrected chi connectivity index (χ2v) is 7.62. The van der Waals surface area contributed by atoms with E-state index in [2.05, 4.69) is 31.1 Å². The van der Waals surface area contributed by atoms with Crippen LogP contribution in [0.5, 0.6) is 0 Å². The summed E-state index contributed by atoms with van der Waals surface area (Å²) in [6.07, 6.45) is 3.62. The lowest BCUT2D eigenvalue weighted by Crippen LogP contribution is -2.35. The van der Waals surface area contributed by atoms with Gasteiger partial charge in [-0.05, 0) is 43.3 Å². The van der Waals surface area contributed by atoms with Crippen molar-refractivity contribution in [3.05, 3.63) is 66.5 Å². The predicted molar refractivity (Wildman–Crippen MR) is 123 cm³/mol. The van der Waals surface area contributed by atoms with E-state index in [4.69, 9.17) is 0 Å². The lowest BCUT2D eigenvalue weighted by Gasteiger charge is -2.17. The fourth-order valence-electron chi connectivity index (χ4n) is 3.45. The van der Waals surface area contributed by atoms with Gasteiger partial charge in [-0.25, -0.2) is 0 Å². The molecule has 3 N–H and O–H groups in total. The zero-order valence-electron chi connectivity index (χ0n) is 17.8. The molecule has 0 spiro atoms. The number of anilines is 4. The lowest BCUT2D eigenvalue weighted by atomic mass is 10.1. The first kappa shape index (κ1) is 21.2. The topological polar surface area (TPSA) is 112 Å². The standard InChI is InChI=1S/C23H25N7O2/c1-16-2-4-19(5-3-16)30-15-17(14-22(30)31)23(32)26-13-12-25-20-6-7-21(29-28-20)27-18-8-10-24-11-9-18/h2-11,17H,12-15H2,1H3,(H,25,28)(H,26,32)(H,24,27,29)/t17-/m0/s1. The van der Waals surface area contributed by atoms with Gasteiger partial charge in [0.1, 0.15) is 5.82 Å². The molecule has 9 nitrogen and oxygen atoms in total. The largest absolute Gasteiger partial charge is 0.367 e. The Morgan fingerprint density at radius 2 is 1.72 bits per heavy atom. The van der Waals surface area contributed by atoms with Crippen molar-refractivity contribution in [3.63, 3.8) is 0 Å². The number of aromatic nitrogens is 3. The highest BCUT2D eigenvalue weighted by Gasteiger charge is 2.34. The van der Waals surface area contributed by atoms with E-state index in [-0.39, 0.29) is 24.2 Å². The number of rotatable bonds is 8. The molecule has 0 saturated carbocycles. The van der Waals surface area contributed by atoms with Crippen LogP contribution in [0, 0.1) is 12.8 Å². The summed E-state index contributed by atoms with van der Waals surface area (Å²) in [6, 6.07) is 15.1. The maximum absolute atomic E-state index is 12.5. The summed E-state index contributed by atoms with van der Waals surface area (Å²) < 4.78 is 0. The SMILES string of the molecule is Cc1ccc(N2C[C@@H](C(=O)NCCNc3ccc(Nc4ccncc4)nn3)CC2=O)cc1. The highest BCUT2D eigenvalue weighted by molar-refractivity contribution is 6.00. The van der Waals surface area contributed by atoms with E-state index in [0.29, 0.717) is 31.3 Å². The van der Waals surface area contributed by atoms with Gasteiger partial charge in [-0.2, -0.15) is 0 Å². The molecule has 1 atom stereocenters. The molecule has 2 amide bonds. The van der Waals surface area contributed by atoms with E-state index in [1.807, 2.05) is 55.5 Å². The van der Waals surface area contributed by atoms with Crippen LogP contribution in [0.3, 0.4) is 0 Å². The van der Waals surface area contributed by atoms with Crippen LogP contribution < -0.4 is 20.9 Å². The molecule has 0 radical (unpaired) electrons. The second kappa shape index (κ2) is 9.86. The molecule has 1 aromatic carbocycles. The molecular formula is C23H25N7O2. The number of pyridine rings is 1. The van der Waals surface area contributed by atoms with Crippen molar-refractivity contribution in [3.8, 4) is 0 Å². The van der Waals surface area contributed by atoms with Gasteiger partial charge in [0.05, 0.1) is 5.92 Å². The van der Waals surface area contributed by atoms with Gasteiger partial charge in [0, 0.05) is 49.8 Å². The molecule has 32 heavy (non-hydrogen) atoms. The third-order valence-corrected chi connectivity index (χ3v) is 5.19. The highest BCUT2D eigenvalue weighted by atomic mass is 16.2. The minimum atomic E-state index is -0.345. The van der Waals surface area contributed by atoms with Gasteiger partial charge in [0.15, 0.2) is 5.82 Å². The van der Waals surface area contributed by atoms with Crippen molar-refractivity contribution in [2.45, 2.75) is 13.3 Å². The smallest absolute Gasteiger partial charge is 0.227 e. The number of benzene rings is 1. The van der Waals surface area contributed by atoms with Crippen molar-refractivity contribution in [2.75, 3.05) is 35.2 Å². The lowest BCUT2D eigenvalue weighted by molar-refractivity contribution is -0.126. The number of hydrogen-bond acceptors (Lipinski definition) is 7. The van der Waals surface area contributed by atoms with Gasteiger partial charge >= 0.3 is 0 Å². The van der Waals surface area contributed by atoms with Gasteiger partial charge in [0.25, 0.3) is 0 Å². The molecule has 4 rings (SSSR count). The number of nitrogens with one attached hydrogen (secondary N) is 3. The van der Waals surface area contributed by atoms with Crippen LogP contribution in [0.25, 0.3) is 0 Å². The van der Waals surface area contributed by atoms with E-state index in [9.17, 15) is 9.59 Å². The van der Waals surface area contributed by atoms with Crippen molar-refractivity contribution in [1.29, 1.82) is 0 Å². The molecule has 164 valence electrons. The van der Waals surface area contributed by atoms with E-state index in [1.165, 1.54) is 0 Å². The molecule has 1 fully saturated rings. The summed E-state index contributed by atoms with van der Waals surface area (Å²) in [7, 11) is 0. The molecule has 0 aliphatic carbocycles. The molecule has 2 aromatic heterocycles. The van der Waals surface area contributed by atoms with Crippen molar-refractivity contribution < 1.29 is 9.59 Å². The number of carbonyl (C=O) groups excluding carboxylic acids is 2. The number of carbonyl (C=O) groups is 2. The quantitative estimate of drug-likeness (QED) is 0.470. The summed E-state index contributed by atoms with van der Waals surface area (Å²) in [4.78, 5) is 30.5. The van der Waals surface area contributed by atoms with Crippen molar-refractivity contribution in [1.82, 2.24) is 20.5 Å². The Bertz CT molecular complexity index is 1060. The zero-order chi connectivity index (χ0) is 22.3. The second-order valence-electron chi connectivity index (χ2n) is 7.62. The van der Waals surface area contributed by atoms with Crippen LogP contribution in [-0.2, 0) is 9.59 Å². The first-order chi connectivity index (χ1) is 15.6. The maximum Gasteiger partial charge on any atom is 0.227 e. The van der Waals surface area contributed by atoms with E-state index >= 15 is 0 Å². The Hall–Kier alpha value is -4.01. The zero-order valence-corrected chi connectivity index (χ0v) is 17.8. The third-order valence-electron chi connectivity index (χ3n) is 5.19. The van der Waals surface area contributed by atoms with Crippen LogP contribution in [0.2, 0.25) is 0 Å². The highest BCUT2D eigenvalue weighted by Crippen LogP contribution is 2.25. The Morgan fingerprint density at radius 3 is 2.44 bits per heavy atom. The van der Waals surface area contributed by atoms with E-state index in [1.54, 1.807) is 17.3 Å². The summed E-state index contributed by atoms with van der Waals surface area (Å²) in [5.41, 5.74) is 2.84. The molecule has 3 heterocycles. The first-order valence-corrected chi connectivity index (χ1v) is 10.5. The molecule has 1 saturated heterocycles. The van der Waals surface area contributed by atoms with Crippen molar-refractivity contribution >= 4 is 34.8 Å². The van der Waals surface area contributed by atoms with Crippen LogP contribution >= 0.6 is 0 Å². The molecule has 1 aliphatic heterocycles. The fraction of sp³-hybridized carbons (Fsp3) is 0.261. The summed E-state index contributed by atoms with van der Waals surface area (Å²) in [6.45, 7) is 3.32. The number of hydrogen-bond donors (Lipinski definition) is 3. The summed E-state index contributed by atoms with van der Waals surface area (Å²) in [5, 5.41) is 17.4. The van der Waals surface area contributed by atoms with E-state index < -0.39 is 0 Å². The Kier molecular flexibility index (Phi) is 6.54. The minimum Gasteiger partial charge on any atom is -0.367 e. The Labute approximate surface area is 186 Å². The molecule has 0 bridgehead atoms. The van der Waals surface area contributed by atoms with Gasteiger partial charge in [0.2, 0.25) is 11.8 Å². The average molecular weight is 432 g/mol. The van der Waals surface area contributed by atoms with Crippen LogP contribution in [0.1, 0.15) is 12.0 Å². The normalized spacial score (nSPS) is 15.5. The molecular weight excluding hydrogens is 406 g/mol. The van der Waals surface area contributed by atoms with Gasteiger partial charge in [-0.1, -0.05) is 17.7 Å². The molecule has 9 heteroatoms. The van der Waals surface area contributed by atoms with Gasteiger partial charge in [-0.15, -0.1) is 10.2 Å². The van der Waals surface area contributed by atoms with Gasteiger partial charge in [-0.3, -0.25) is 14.6 Å². The maximum atomic E-state index is 12.5. The third kappa shape index (κ3) is 5.37. The van der Waals surface area contributed by atoms with Gasteiger partial charge < -0.3 is 20.9 Å². The Morgan fingerprint density at radius 1 is 1.00 bits per heavy atom. The number of nitrogens with zero attached hydrogens (tertiary/aromatic N) is 4. The summed E-state index contributed by atoms with van der Waals surface area (Å²) >= 11 is 0. The average Bonchev–Trinajstić information content (AvgIpc) is 3.20. The van der Waals surface area contributed by atoms with Crippen LogP contribution in [0.4, 0.5) is 23.0 Å². The minimum absolute atomic E-state index is 0.0251. The van der Waals surface area contributed by atoms with Crippen molar-refractivity contribution in [2.24, 2.45) is 5.92 Å². The first-order valence-electron chi connectivity index (χ1n) is 10.5. The van der Waals surface area contributed by atoms with E-state index in [0.717, 1.165) is 16.9 Å². The molecule has 0 unspecified atom stereocenters. The monoisotopic (exact) mass is 431 g/mol. The van der Waals surface area contributed by atoms with Crippen LogP contribution in [-0.4, -0.2) is 46.6 Å². The fourth-order valence-corrected chi connectivity index (χ4v) is 3.45. The predicted octanol–water partition coefficient (Wildman–Crippen LogP) is 2.50. The summed E-state index contributed by atoms with van der Waals surface area (Å²) in [5.74, 6) is 0.753.